The lowest BCUT2D eigenvalue weighted by Crippen LogP contribution is -2.46. The van der Waals surface area contributed by atoms with Crippen LogP contribution in [0.1, 0.15) is 12.0 Å². The van der Waals surface area contributed by atoms with Gasteiger partial charge >= 0.3 is 0 Å². The third-order valence-electron chi connectivity index (χ3n) is 3.82. The summed E-state index contributed by atoms with van der Waals surface area (Å²) in [6.07, 6.45) is 1.14. The van der Waals surface area contributed by atoms with E-state index in [2.05, 4.69) is 5.32 Å². The van der Waals surface area contributed by atoms with Gasteiger partial charge in [-0.1, -0.05) is 0 Å². The zero-order chi connectivity index (χ0) is 15.9. The number of nitrogens with zero attached hydrogens (tertiary/aromatic N) is 1. The first-order chi connectivity index (χ1) is 10.7. The highest BCUT2D eigenvalue weighted by Gasteiger charge is 2.17. The van der Waals surface area contributed by atoms with Crippen LogP contribution >= 0.6 is 12.4 Å². The quantitative estimate of drug-likeness (QED) is 0.847. The van der Waals surface area contributed by atoms with E-state index in [0.717, 1.165) is 31.7 Å². The molecule has 1 amide bonds. The van der Waals surface area contributed by atoms with Crippen LogP contribution in [-0.2, 0) is 11.2 Å². The Kier molecular flexibility index (Phi) is 7.98. The summed E-state index contributed by atoms with van der Waals surface area (Å²) in [6.45, 7) is 3.31. The molecule has 0 aliphatic carbocycles. The zero-order valence-corrected chi connectivity index (χ0v) is 14.7. The largest absolute Gasteiger partial charge is 0.493 e. The Morgan fingerprint density at radius 2 is 1.65 bits per heavy atom. The second-order valence-corrected chi connectivity index (χ2v) is 5.16. The van der Waals surface area contributed by atoms with E-state index in [9.17, 15) is 4.79 Å². The van der Waals surface area contributed by atoms with E-state index in [0.29, 0.717) is 30.1 Å². The van der Waals surface area contributed by atoms with Gasteiger partial charge in [-0.25, -0.2) is 0 Å². The summed E-state index contributed by atoms with van der Waals surface area (Å²) in [7, 11) is 4.76. The summed E-state index contributed by atoms with van der Waals surface area (Å²) in [5, 5.41) is 3.25. The van der Waals surface area contributed by atoms with E-state index < -0.39 is 0 Å². The number of carbonyl (C=O) groups is 1. The minimum Gasteiger partial charge on any atom is -0.493 e. The zero-order valence-electron chi connectivity index (χ0n) is 13.9. The fourth-order valence-corrected chi connectivity index (χ4v) is 2.60. The predicted molar refractivity (Wildman–Crippen MR) is 91.1 cm³/mol. The van der Waals surface area contributed by atoms with Crippen LogP contribution in [0.25, 0.3) is 0 Å². The molecule has 7 heteroatoms. The lowest BCUT2D eigenvalue weighted by atomic mass is 10.1. The molecule has 1 aromatic rings. The van der Waals surface area contributed by atoms with Crippen LogP contribution < -0.4 is 19.5 Å². The van der Waals surface area contributed by atoms with Gasteiger partial charge in [0.25, 0.3) is 0 Å². The second-order valence-electron chi connectivity index (χ2n) is 5.16. The van der Waals surface area contributed by atoms with Crippen molar-refractivity contribution in [3.8, 4) is 17.2 Å². The highest BCUT2D eigenvalue weighted by molar-refractivity contribution is 5.85. The molecular weight excluding hydrogens is 320 g/mol. The first-order valence-electron chi connectivity index (χ1n) is 7.47. The SMILES string of the molecule is COc1cc(CCC(=O)N2CCNCC2)cc(OC)c1OC.Cl. The Morgan fingerprint density at radius 3 is 2.13 bits per heavy atom. The highest BCUT2D eigenvalue weighted by Crippen LogP contribution is 2.38. The molecule has 0 atom stereocenters. The van der Waals surface area contributed by atoms with Gasteiger partial charge in [-0.2, -0.15) is 0 Å². The number of piperazine rings is 1. The molecule has 0 bridgehead atoms. The molecule has 2 rings (SSSR count). The summed E-state index contributed by atoms with van der Waals surface area (Å²) in [4.78, 5) is 14.1. The predicted octanol–water partition coefficient (Wildman–Crippen LogP) is 1.50. The molecule has 23 heavy (non-hydrogen) atoms. The topological polar surface area (TPSA) is 60.0 Å². The van der Waals surface area contributed by atoms with E-state index in [4.69, 9.17) is 14.2 Å². The Morgan fingerprint density at radius 1 is 1.09 bits per heavy atom. The molecular formula is C16H25ClN2O4. The number of hydrogen-bond donors (Lipinski definition) is 1. The molecule has 1 aliphatic rings. The summed E-state index contributed by atoms with van der Waals surface area (Å²) < 4.78 is 16.0. The molecule has 130 valence electrons. The summed E-state index contributed by atoms with van der Waals surface area (Å²) in [6, 6.07) is 3.79. The van der Waals surface area contributed by atoms with Gasteiger partial charge in [0, 0.05) is 32.6 Å². The minimum absolute atomic E-state index is 0. The molecule has 1 heterocycles. The lowest BCUT2D eigenvalue weighted by Gasteiger charge is -2.27. The third kappa shape index (κ3) is 4.91. The fourth-order valence-electron chi connectivity index (χ4n) is 2.60. The lowest BCUT2D eigenvalue weighted by molar-refractivity contribution is -0.131. The van der Waals surface area contributed by atoms with Gasteiger partial charge in [-0.3, -0.25) is 4.79 Å². The number of methoxy groups -OCH3 is 3. The Hall–Kier alpha value is -1.66. The number of aryl methyl sites for hydroxylation is 1. The normalized spacial score (nSPS) is 14.0. The average molecular weight is 345 g/mol. The first kappa shape index (κ1) is 19.4. The molecule has 6 nitrogen and oxygen atoms in total. The number of carbonyl (C=O) groups excluding carboxylic acids is 1. The Balaban J connectivity index is 0.00000264. The van der Waals surface area contributed by atoms with Crippen LogP contribution in [-0.4, -0.2) is 58.3 Å². The van der Waals surface area contributed by atoms with Crippen LogP contribution in [0.5, 0.6) is 17.2 Å². The van der Waals surface area contributed by atoms with E-state index in [1.165, 1.54) is 0 Å². The van der Waals surface area contributed by atoms with Crippen molar-refractivity contribution in [2.45, 2.75) is 12.8 Å². The molecule has 1 saturated heterocycles. The first-order valence-corrected chi connectivity index (χ1v) is 7.47. The van der Waals surface area contributed by atoms with Crippen molar-refractivity contribution < 1.29 is 19.0 Å². The van der Waals surface area contributed by atoms with E-state index in [1.54, 1.807) is 21.3 Å². The molecule has 0 unspecified atom stereocenters. The molecule has 1 aromatic carbocycles. The number of rotatable bonds is 6. The number of hydrogen-bond acceptors (Lipinski definition) is 5. The van der Waals surface area contributed by atoms with Crippen molar-refractivity contribution in [2.75, 3.05) is 47.5 Å². The van der Waals surface area contributed by atoms with Crippen LogP contribution in [0.2, 0.25) is 0 Å². The minimum atomic E-state index is 0. The molecule has 1 fully saturated rings. The second kappa shape index (κ2) is 9.47. The monoisotopic (exact) mass is 344 g/mol. The summed E-state index contributed by atoms with van der Waals surface area (Å²) in [5.41, 5.74) is 0.998. The number of ether oxygens (including phenoxy) is 3. The smallest absolute Gasteiger partial charge is 0.222 e. The third-order valence-corrected chi connectivity index (χ3v) is 3.82. The van der Waals surface area contributed by atoms with Crippen LogP contribution in [0.4, 0.5) is 0 Å². The summed E-state index contributed by atoms with van der Waals surface area (Å²) >= 11 is 0. The van der Waals surface area contributed by atoms with Crippen molar-refractivity contribution in [1.29, 1.82) is 0 Å². The number of halogens is 1. The van der Waals surface area contributed by atoms with Gasteiger partial charge in [0.15, 0.2) is 11.5 Å². The van der Waals surface area contributed by atoms with Gasteiger partial charge in [0.2, 0.25) is 11.7 Å². The van der Waals surface area contributed by atoms with E-state index in [-0.39, 0.29) is 18.3 Å². The molecule has 0 radical (unpaired) electrons. The summed E-state index contributed by atoms with van der Waals surface area (Å²) in [5.74, 6) is 2.00. The van der Waals surface area contributed by atoms with Crippen molar-refractivity contribution >= 4 is 18.3 Å². The van der Waals surface area contributed by atoms with Gasteiger partial charge in [0.05, 0.1) is 21.3 Å². The van der Waals surface area contributed by atoms with Gasteiger partial charge in [-0.15, -0.1) is 12.4 Å². The number of nitrogens with one attached hydrogen (secondary N) is 1. The molecule has 0 saturated carbocycles. The number of benzene rings is 1. The molecule has 1 aliphatic heterocycles. The van der Waals surface area contributed by atoms with Crippen LogP contribution in [0.15, 0.2) is 12.1 Å². The van der Waals surface area contributed by atoms with Gasteiger partial charge < -0.3 is 24.4 Å². The molecule has 0 spiro atoms. The van der Waals surface area contributed by atoms with Crippen molar-refractivity contribution in [3.63, 3.8) is 0 Å². The average Bonchev–Trinajstić information content (AvgIpc) is 2.59. The fraction of sp³-hybridized carbons (Fsp3) is 0.562. The van der Waals surface area contributed by atoms with Crippen molar-refractivity contribution in [2.24, 2.45) is 0 Å². The number of amides is 1. The van der Waals surface area contributed by atoms with E-state index in [1.807, 2.05) is 17.0 Å². The maximum atomic E-state index is 12.2. The Labute approximate surface area is 143 Å². The highest BCUT2D eigenvalue weighted by atomic mass is 35.5. The Bertz CT molecular complexity index is 494. The van der Waals surface area contributed by atoms with Gasteiger partial charge in [-0.05, 0) is 24.1 Å². The van der Waals surface area contributed by atoms with Crippen molar-refractivity contribution in [3.05, 3.63) is 17.7 Å². The van der Waals surface area contributed by atoms with Crippen molar-refractivity contribution in [1.82, 2.24) is 10.2 Å². The van der Waals surface area contributed by atoms with Crippen LogP contribution in [0.3, 0.4) is 0 Å². The molecule has 1 N–H and O–H groups in total. The van der Waals surface area contributed by atoms with E-state index >= 15 is 0 Å². The molecule has 0 aromatic heterocycles. The standard InChI is InChI=1S/C16H24N2O4.ClH/c1-20-13-10-12(11-14(21-2)16(13)22-3)4-5-15(19)18-8-6-17-7-9-18;/h10-11,17H,4-9H2,1-3H3;1H. The van der Waals surface area contributed by atoms with Gasteiger partial charge in [0.1, 0.15) is 0 Å². The maximum absolute atomic E-state index is 12.2. The maximum Gasteiger partial charge on any atom is 0.222 e. The van der Waals surface area contributed by atoms with Crippen LogP contribution in [0, 0.1) is 0 Å².